The van der Waals surface area contributed by atoms with Crippen LogP contribution in [-0.2, 0) is 16.0 Å². The Balaban J connectivity index is 1.44. The topological polar surface area (TPSA) is 69.6 Å². The van der Waals surface area contributed by atoms with Gasteiger partial charge in [-0.3, -0.25) is 14.8 Å². The highest BCUT2D eigenvalue weighted by atomic mass is 16.5. The van der Waals surface area contributed by atoms with Gasteiger partial charge < -0.3 is 4.90 Å². The number of rotatable bonds is 8. The number of aryl methyl sites for hydroxylation is 1. The van der Waals surface area contributed by atoms with Gasteiger partial charge in [0.25, 0.3) is 0 Å². The van der Waals surface area contributed by atoms with Gasteiger partial charge in [0, 0.05) is 19.2 Å². The Kier molecular flexibility index (Phi) is 6.39. The number of nitrogens with one attached hydrogen (secondary N) is 1. The highest BCUT2D eigenvalue weighted by molar-refractivity contribution is 5.85. The second kappa shape index (κ2) is 9.14. The van der Waals surface area contributed by atoms with Gasteiger partial charge in [0.1, 0.15) is 0 Å². The zero-order valence-electron chi connectivity index (χ0n) is 15.2. The van der Waals surface area contributed by atoms with Crippen molar-refractivity contribution in [2.24, 2.45) is 5.92 Å². The lowest BCUT2D eigenvalue weighted by Gasteiger charge is -2.16. The number of nitrogens with zero attached hydrogens (tertiary/aromatic N) is 1. The predicted octanol–water partition coefficient (Wildman–Crippen LogP) is 3.54. The van der Waals surface area contributed by atoms with Crippen molar-refractivity contribution in [3.8, 4) is 11.1 Å². The van der Waals surface area contributed by atoms with Gasteiger partial charge in [-0.15, -0.1) is 0 Å². The Morgan fingerprint density at radius 3 is 2.44 bits per heavy atom. The molecular formula is C22H24N2O3. The van der Waals surface area contributed by atoms with Crippen LogP contribution in [-0.4, -0.2) is 28.5 Å². The molecule has 3 rings (SSSR count). The van der Waals surface area contributed by atoms with Crippen LogP contribution >= 0.6 is 0 Å². The van der Waals surface area contributed by atoms with Crippen LogP contribution in [0.3, 0.4) is 0 Å². The van der Waals surface area contributed by atoms with Crippen molar-refractivity contribution in [1.29, 1.82) is 0 Å². The van der Waals surface area contributed by atoms with Crippen molar-refractivity contribution in [1.82, 2.24) is 10.4 Å². The first-order valence-corrected chi connectivity index (χ1v) is 9.23. The smallest absolute Gasteiger partial charge is 0.243 e. The van der Waals surface area contributed by atoms with E-state index in [0.717, 1.165) is 12.8 Å². The Morgan fingerprint density at radius 1 is 1.04 bits per heavy atom. The summed E-state index contributed by atoms with van der Waals surface area (Å²) in [6, 6.07) is 18.8. The molecule has 27 heavy (non-hydrogen) atoms. The van der Waals surface area contributed by atoms with E-state index >= 15 is 0 Å². The summed E-state index contributed by atoms with van der Waals surface area (Å²) in [5, 5.41) is 8.52. The Morgan fingerprint density at radius 2 is 1.74 bits per heavy atom. The van der Waals surface area contributed by atoms with Crippen LogP contribution in [0.1, 0.15) is 24.8 Å². The molecule has 0 fully saturated rings. The van der Waals surface area contributed by atoms with Crippen LogP contribution in [0.25, 0.3) is 11.1 Å². The zero-order valence-corrected chi connectivity index (χ0v) is 15.2. The van der Waals surface area contributed by atoms with Crippen molar-refractivity contribution in [2.45, 2.75) is 25.7 Å². The monoisotopic (exact) mass is 364 g/mol. The van der Waals surface area contributed by atoms with Gasteiger partial charge in [-0.1, -0.05) is 60.7 Å². The summed E-state index contributed by atoms with van der Waals surface area (Å²) < 4.78 is 0. The molecule has 0 saturated carbocycles. The fraction of sp³-hybridized carbons (Fsp3) is 0.273. The summed E-state index contributed by atoms with van der Waals surface area (Å²) in [6.07, 6.45) is 5.98. The molecule has 0 spiro atoms. The molecule has 1 aliphatic heterocycles. The van der Waals surface area contributed by atoms with E-state index in [9.17, 15) is 9.59 Å². The van der Waals surface area contributed by atoms with Crippen molar-refractivity contribution >= 4 is 11.8 Å². The van der Waals surface area contributed by atoms with Crippen LogP contribution in [0, 0.1) is 5.92 Å². The third kappa shape index (κ3) is 5.05. The molecule has 0 radical (unpaired) electrons. The number of benzene rings is 2. The molecule has 1 heterocycles. The van der Waals surface area contributed by atoms with Crippen LogP contribution in [0.15, 0.2) is 66.9 Å². The van der Waals surface area contributed by atoms with E-state index < -0.39 is 5.91 Å². The maximum Gasteiger partial charge on any atom is 0.243 e. The van der Waals surface area contributed by atoms with Crippen molar-refractivity contribution in [3.63, 3.8) is 0 Å². The predicted molar refractivity (Wildman–Crippen MR) is 104 cm³/mol. The fourth-order valence-electron chi connectivity index (χ4n) is 3.27. The highest BCUT2D eigenvalue weighted by Gasteiger charge is 2.26. The molecule has 0 saturated heterocycles. The molecule has 1 aliphatic rings. The summed E-state index contributed by atoms with van der Waals surface area (Å²) in [5.41, 5.74) is 5.25. The van der Waals surface area contributed by atoms with Crippen LogP contribution < -0.4 is 5.48 Å². The van der Waals surface area contributed by atoms with E-state index in [-0.39, 0.29) is 18.2 Å². The lowest BCUT2D eigenvalue weighted by molar-refractivity contribution is -0.131. The molecular weight excluding hydrogens is 340 g/mol. The fourth-order valence-corrected chi connectivity index (χ4v) is 3.27. The molecule has 0 aliphatic carbocycles. The number of carbonyl (C=O) groups is 2. The Hall–Kier alpha value is -2.92. The first kappa shape index (κ1) is 18.9. The molecule has 5 heteroatoms. The molecule has 0 bridgehead atoms. The highest BCUT2D eigenvalue weighted by Crippen LogP contribution is 2.21. The van der Waals surface area contributed by atoms with Gasteiger partial charge in [0.2, 0.25) is 11.8 Å². The van der Waals surface area contributed by atoms with Gasteiger partial charge in [0.15, 0.2) is 0 Å². The minimum absolute atomic E-state index is 0.0279. The lowest BCUT2D eigenvalue weighted by atomic mass is 10.0. The molecule has 0 aromatic heterocycles. The SMILES string of the molecule is O=C(CCC1C=CN(CCCc2ccc(-c3ccccc3)cc2)C1=O)NO. The largest absolute Gasteiger partial charge is 0.319 e. The quantitative estimate of drug-likeness (QED) is 0.556. The van der Waals surface area contributed by atoms with E-state index in [2.05, 4.69) is 36.4 Å². The van der Waals surface area contributed by atoms with Crippen molar-refractivity contribution < 1.29 is 14.8 Å². The minimum atomic E-state index is -0.464. The van der Waals surface area contributed by atoms with Gasteiger partial charge in [-0.25, -0.2) is 5.48 Å². The van der Waals surface area contributed by atoms with E-state index in [0.29, 0.717) is 13.0 Å². The van der Waals surface area contributed by atoms with E-state index in [1.165, 1.54) is 16.7 Å². The molecule has 2 aromatic rings. The average molecular weight is 364 g/mol. The van der Waals surface area contributed by atoms with Crippen molar-refractivity contribution in [3.05, 3.63) is 72.4 Å². The number of hydroxylamine groups is 1. The summed E-state index contributed by atoms with van der Waals surface area (Å²) >= 11 is 0. The minimum Gasteiger partial charge on any atom is -0.319 e. The summed E-state index contributed by atoms with van der Waals surface area (Å²) in [7, 11) is 0. The number of hydrogen-bond acceptors (Lipinski definition) is 3. The zero-order chi connectivity index (χ0) is 19.1. The van der Waals surface area contributed by atoms with Gasteiger partial charge >= 0.3 is 0 Å². The molecule has 2 N–H and O–H groups in total. The Bertz CT molecular complexity index is 800. The number of carbonyl (C=O) groups excluding carboxylic acids is 2. The summed E-state index contributed by atoms with van der Waals surface area (Å²) in [5.74, 6) is -0.707. The third-order valence-corrected chi connectivity index (χ3v) is 4.83. The van der Waals surface area contributed by atoms with Crippen LogP contribution in [0.5, 0.6) is 0 Å². The van der Waals surface area contributed by atoms with Gasteiger partial charge in [-0.05, 0) is 36.0 Å². The maximum absolute atomic E-state index is 12.3. The Labute approximate surface area is 159 Å². The van der Waals surface area contributed by atoms with Gasteiger partial charge in [-0.2, -0.15) is 0 Å². The molecule has 1 unspecified atom stereocenters. The average Bonchev–Trinajstić information content (AvgIpc) is 3.07. The number of hydrogen-bond donors (Lipinski definition) is 2. The summed E-state index contributed by atoms with van der Waals surface area (Å²) in [4.78, 5) is 25.1. The number of amides is 2. The molecule has 1 atom stereocenters. The second-order valence-corrected chi connectivity index (χ2v) is 6.72. The van der Waals surface area contributed by atoms with Crippen LogP contribution in [0.2, 0.25) is 0 Å². The van der Waals surface area contributed by atoms with Crippen molar-refractivity contribution in [2.75, 3.05) is 6.54 Å². The van der Waals surface area contributed by atoms with E-state index in [4.69, 9.17) is 5.21 Å². The summed E-state index contributed by atoms with van der Waals surface area (Å²) in [6.45, 7) is 0.665. The standard InChI is InChI=1S/C22H24N2O3/c25-21(23-27)13-12-20-14-16-24(22(20)26)15-4-5-17-8-10-19(11-9-17)18-6-2-1-3-7-18/h1-3,6-11,14,16,20,27H,4-5,12-13,15H2,(H,23,25). The third-order valence-electron chi connectivity index (χ3n) is 4.83. The van der Waals surface area contributed by atoms with E-state index in [1.807, 2.05) is 30.5 Å². The lowest BCUT2D eigenvalue weighted by Crippen LogP contribution is -2.28. The van der Waals surface area contributed by atoms with E-state index in [1.54, 1.807) is 10.4 Å². The normalized spacial score (nSPS) is 16.0. The molecule has 140 valence electrons. The van der Waals surface area contributed by atoms with Crippen LogP contribution in [0.4, 0.5) is 0 Å². The maximum atomic E-state index is 12.3. The first-order valence-electron chi connectivity index (χ1n) is 9.23. The second-order valence-electron chi connectivity index (χ2n) is 6.72. The molecule has 2 aromatic carbocycles. The molecule has 5 nitrogen and oxygen atoms in total. The van der Waals surface area contributed by atoms with Gasteiger partial charge in [0.05, 0.1) is 5.92 Å². The first-order chi connectivity index (χ1) is 13.2. The molecule has 2 amide bonds.